The van der Waals surface area contributed by atoms with Gasteiger partial charge in [0, 0.05) is 91.5 Å². The molecule has 1 amide bonds. The zero-order chi connectivity index (χ0) is 31.3. The third kappa shape index (κ3) is 4.41. The predicted molar refractivity (Wildman–Crippen MR) is 179 cm³/mol. The first-order chi connectivity index (χ1) is 22.4. The molecule has 236 valence electrons. The van der Waals surface area contributed by atoms with Crippen molar-refractivity contribution >= 4 is 45.1 Å². The Labute approximate surface area is 272 Å². The Hall–Kier alpha value is -4.12. The lowest BCUT2D eigenvalue weighted by atomic mass is 9.98. The van der Waals surface area contributed by atoms with Gasteiger partial charge in [-0.15, -0.1) is 0 Å². The highest BCUT2D eigenvalue weighted by Crippen LogP contribution is 2.40. The van der Waals surface area contributed by atoms with E-state index in [0.717, 1.165) is 79.0 Å². The molecule has 9 rings (SSSR count). The number of nitrogens with two attached hydrogens (primary N) is 1. The van der Waals surface area contributed by atoms with Gasteiger partial charge in [-0.1, -0.05) is 11.6 Å². The molecule has 6 heterocycles. The van der Waals surface area contributed by atoms with Crippen LogP contribution in [0, 0.1) is 11.8 Å². The van der Waals surface area contributed by atoms with Crippen molar-refractivity contribution in [1.29, 1.82) is 0 Å². The number of aryl methyl sites for hydroxylation is 1. The fraction of sp³-hybridized carbons (Fsp3) is 0.400. The number of fused-ring (bicyclic) bond motifs is 4. The highest BCUT2D eigenvalue weighted by molar-refractivity contribution is 6.31. The van der Waals surface area contributed by atoms with Crippen LogP contribution in [0.3, 0.4) is 0 Å². The van der Waals surface area contributed by atoms with Gasteiger partial charge in [0.25, 0.3) is 5.91 Å². The van der Waals surface area contributed by atoms with Gasteiger partial charge < -0.3 is 34.7 Å². The summed E-state index contributed by atoms with van der Waals surface area (Å²) in [5.74, 6) is 2.29. The summed E-state index contributed by atoms with van der Waals surface area (Å²) in [5, 5.41) is 5.13. The van der Waals surface area contributed by atoms with Crippen LogP contribution in [0.5, 0.6) is 5.75 Å². The Morgan fingerprint density at radius 3 is 2.70 bits per heavy atom. The molecule has 2 bridgehead atoms. The fourth-order valence-electron chi connectivity index (χ4n) is 8.12. The monoisotopic (exact) mass is 636 g/mol. The predicted octanol–water partition coefficient (Wildman–Crippen LogP) is 4.59. The minimum Gasteiger partial charge on any atom is -0.494 e. The molecule has 0 spiro atoms. The third-order valence-electron chi connectivity index (χ3n) is 10.7. The summed E-state index contributed by atoms with van der Waals surface area (Å²) in [7, 11) is 3.74. The number of hydrogen-bond acceptors (Lipinski definition) is 7. The van der Waals surface area contributed by atoms with Gasteiger partial charge in [0.2, 0.25) is 0 Å². The molecular weight excluding hydrogens is 600 g/mol. The van der Waals surface area contributed by atoms with E-state index >= 15 is 0 Å². The molecule has 0 radical (unpaired) electrons. The van der Waals surface area contributed by atoms with Crippen LogP contribution >= 0.6 is 11.6 Å². The highest BCUT2D eigenvalue weighted by Gasteiger charge is 2.47. The van der Waals surface area contributed by atoms with E-state index in [4.69, 9.17) is 27.1 Å². The molecule has 10 nitrogen and oxygen atoms in total. The van der Waals surface area contributed by atoms with Crippen molar-refractivity contribution in [2.45, 2.75) is 37.5 Å². The number of nitrogens with zero attached hydrogens (tertiary/aromatic N) is 6. The van der Waals surface area contributed by atoms with Crippen LogP contribution in [0.1, 0.15) is 34.8 Å². The number of aromatic nitrogens is 4. The Balaban J connectivity index is 1.10. The molecule has 3 saturated heterocycles. The number of anilines is 1. The molecule has 3 unspecified atom stereocenters. The van der Waals surface area contributed by atoms with Gasteiger partial charge in [0.05, 0.1) is 30.2 Å². The highest BCUT2D eigenvalue weighted by atomic mass is 35.5. The zero-order valence-electron chi connectivity index (χ0n) is 26.0. The van der Waals surface area contributed by atoms with E-state index in [1.54, 1.807) is 7.11 Å². The minimum absolute atomic E-state index is 0.00469. The second kappa shape index (κ2) is 10.4. The molecule has 46 heavy (non-hydrogen) atoms. The van der Waals surface area contributed by atoms with Crippen molar-refractivity contribution in [3.05, 3.63) is 71.0 Å². The van der Waals surface area contributed by atoms with E-state index in [1.165, 1.54) is 11.3 Å². The normalized spacial score (nSPS) is 23.9. The number of halogens is 1. The average Bonchev–Trinajstić information content (AvgIpc) is 3.55. The Morgan fingerprint density at radius 2 is 1.96 bits per heavy atom. The summed E-state index contributed by atoms with van der Waals surface area (Å²) in [4.78, 5) is 28.0. The lowest BCUT2D eigenvalue weighted by molar-refractivity contribution is 0.0700. The first-order valence-electron chi connectivity index (χ1n) is 16.2. The number of carbonyl (C=O) groups is 1. The number of ether oxygens (including phenoxy) is 1. The van der Waals surface area contributed by atoms with E-state index in [9.17, 15) is 4.79 Å². The van der Waals surface area contributed by atoms with E-state index < -0.39 is 0 Å². The molecule has 11 heteroatoms. The Morgan fingerprint density at radius 1 is 1.11 bits per heavy atom. The minimum atomic E-state index is 0.00469. The quantitative estimate of drug-likeness (QED) is 0.251. The molecule has 1 saturated carbocycles. The van der Waals surface area contributed by atoms with Crippen molar-refractivity contribution in [1.82, 2.24) is 29.3 Å². The lowest BCUT2D eigenvalue weighted by Gasteiger charge is -2.41. The maximum atomic E-state index is 13.9. The van der Waals surface area contributed by atoms with Gasteiger partial charge in [-0.3, -0.25) is 9.78 Å². The number of pyridine rings is 1. The van der Waals surface area contributed by atoms with Crippen molar-refractivity contribution < 1.29 is 9.53 Å². The van der Waals surface area contributed by atoms with Crippen LogP contribution < -0.4 is 20.7 Å². The maximum Gasteiger partial charge on any atom is 0.254 e. The molecule has 3 aromatic heterocycles. The second-order valence-electron chi connectivity index (χ2n) is 13.5. The fourth-order valence-corrected chi connectivity index (χ4v) is 8.30. The number of carbonyl (C=O) groups excluding carboxylic acids is 1. The number of nitrogens with one attached hydrogen (secondary N) is 1. The third-order valence-corrected chi connectivity index (χ3v) is 11.0. The molecule has 2 aromatic carbocycles. The molecule has 1 aliphatic carbocycles. The zero-order valence-corrected chi connectivity index (χ0v) is 26.7. The SMILES string of the molecule is COc1cc(C(=O)N2CC3CCC2[C@@H]3N)cc2nc(-c3cc4cc(Cl)ccc4n3C)n(CC3CN(c4cncc(C5CN5)c4)C3)c12. The van der Waals surface area contributed by atoms with Crippen LogP contribution in [0.2, 0.25) is 5.02 Å². The Bertz CT molecular complexity index is 2030. The van der Waals surface area contributed by atoms with E-state index in [-0.39, 0.29) is 18.0 Å². The summed E-state index contributed by atoms with van der Waals surface area (Å²) >= 11 is 6.38. The number of hydrogen-bond donors (Lipinski definition) is 2. The van der Waals surface area contributed by atoms with Crippen LogP contribution in [-0.2, 0) is 13.6 Å². The molecule has 3 N–H and O–H groups in total. The number of likely N-dealkylation sites (tertiary alicyclic amines) is 1. The molecule has 5 aromatic rings. The first-order valence-corrected chi connectivity index (χ1v) is 16.6. The largest absolute Gasteiger partial charge is 0.494 e. The van der Waals surface area contributed by atoms with Crippen molar-refractivity contribution in [3.8, 4) is 17.3 Å². The smallest absolute Gasteiger partial charge is 0.254 e. The van der Waals surface area contributed by atoms with E-state index in [0.29, 0.717) is 34.2 Å². The Kier molecular flexibility index (Phi) is 6.39. The van der Waals surface area contributed by atoms with Crippen LogP contribution in [-0.4, -0.2) is 75.3 Å². The van der Waals surface area contributed by atoms with Gasteiger partial charge in [0.1, 0.15) is 11.3 Å². The van der Waals surface area contributed by atoms with Gasteiger partial charge in [0.15, 0.2) is 5.82 Å². The van der Waals surface area contributed by atoms with Crippen LogP contribution in [0.4, 0.5) is 5.69 Å². The van der Waals surface area contributed by atoms with Gasteiger partial charge in [-0.2, -0.15) is 0 Å². The maximum absolute atomic E-state index is 13.9. The molecule has 4 fully saturated rings. The summed E-state index contributed by atoms with van der Waals surface area (Å²) < 4.78 is 10.5. The topological polar surface area (TPSA) is 116 Å². The summed E-state index contributed by atoms with van der Waals surface area (Å²) in [6, 6.07) is 14.8. The lowest BCUT2D eigenvalue weighted by Crippen LogP contribution is -2.48. The number of benzene rings is 2. The summed E-state index contributed by atoms with van der Waals surface area (Å²) in [6.07, 6.45) is 5.99. The number of piperidine rings is 1. The molecule has 3 aliphatic heterocycles. The number of methoxy groups -OCH3 is 1. The van der Waals surface area contributed by atoms with E-state index in [2.05, 4.69) is 43.5 Å². The average molecular weight is 637 g/mol. The van der Waals surface area contributed by atoms with Gasteiger partial charge >= 0.3 is 0 Å². The second-order valence-corrected chi connectivity index (χ2v) is 14.0. The van der Waals surface area contributed by atoms with Gasteiger partial charge in [-0.25, -0.2) is 4.98 Å². The van der Waals surface area contributed by atoms with Crippen LogP contribution in [0.25, 0.3) is 33.5 Å². The molecule has 4 atom stereocenters. The molecular formula is C35H37ClN8O2. The summed E-state index contributed by atoms with van der Waals surface area (Å²) in [5.41, 5.74) is 13.2. The first kappa shape index (κ1) is 28.1. The number of imidazole rings is 1. The standard InChI is InChI=1S/C35H37ClN8O2/c1-41-28-6-4-24(36)7-21(28)10-30(41)34-40-26-9-22(35(45)43-18-20-3-5-29(43)32(20)37)11-31(46-2)33(26)44(34)17-19-15-42(16-19)25-8-23(12-38-13-25)27-14-39-27/h4,6-13,19-20,27,29,32,39H,3,5,14-18,37H2,1-2H3/t20?,27?,29?,32-/m1/s1. The number of rotatable bonds is 7. The van der Waals surface area contributed by atoms with Crippen LogP contribution in [0.15, 0.2) is 54.9 Å². The summed E-state index contributed by atoms with van der Waals surface area (Å²) in [6.45, 7) is 4.34. The van der Waals surface area contributed by atoms with Crippen molar-refractivity contribution in [2.75, 3.05) is 38.2 Å². The van der Waals surface area contributed by atoms with Crippen molar-refractivity contribution in [2.24, 2.45) is 24.6 Å². The van der Waals surface area contributed by atoms with Crippen molar-refractivity contribution in [3.63, 3.8) is 0 Å². The number of amides is 1. The molecule has 4 aliphatic rings. The van der Waals surface area contributed by atoms with Gasteiger partial charge in [-0.05, 0) is 66.8 Å². The van der Waals surface area contributed by atoms with E-state index in [1.807, 2.05) is 47.6 Å².